The Labute approximate surface area is 147 Å². The average Bonchev–Trinajstić information content (AvgIpc) is 2.68. The minimum absolute atomic E-state index is 0.107. The Bertz CT molecular complexity index is 690. The maximum atomic E-state index is 12.8. The zero-order valence-corrected chi connectivity index (χ0v) is 14.1. The summed E-state index contributed by atoms with van der Waals surface area (Å²) in [5.74, 6) is -0.257. The van der Waals surface area contributed by atoms with Crippen LogP contribution in [0.15, 0.2) is 60.7 Å². The molecule has 4 nitrogen and oxygen atoms in total. The number of hydrogen-bond donors (Lipinski definition) is 0. The standard InChI is InChI=1S/C21H22O4/c22-19(16-10-4-1-5-11-16)20(17-12-6-2-7-13-17)25-21(23)24-18-14-8-3-9-15-18/h1-2,4-7,10-13,18,20H,3,8-9,14-15H2. The lowest BCUT2D eigenvalue weighted by molar-refractivity contribution is -0.00803. The molecular formula is C21H22O4. The molecule has 3 rings (SSSR count). The third-order valence-corrected chi connectivity index (χ3v) is 4.43. The van der Waals surface area contributed by atoms with Crippen LogP contribution < -0.4 is 0 Å². The van der Waals surface area contributed by atoms with Gasteiger partial charge in [0.2, 0.25) is 5.78 Å². The summed E-state index contributed by atoms with van der Waals surface area (Å²) in [6.07, 6.45) is 3.13. The lowest BCUT2D eigenvalue weighted by atomic mass is 9.98. The van der Waals surface area contributed by atoms with Crippen molar-refractivity contribution in [3.8, 4) is 0 Å². The molecule has 2 aromatic carbocycles. The van der Waals surface area contributed by atoms with E-state index in [1.54, 1.807) is 36.4 Å². The Balaban J connectivity index is 1.74. The van der Waals surface area contributed by atoms with E-state index in [-0.39, 0.29) is 11.9 Å². The van der Waals surface area contributed by atoms with E-state index in [1.165, 1.54) is 6.42 Å². The molecule has 0 heterocycles. The van der Waals surface area contributed by atoms with E-state index < -0.39 is 12.3 Å². The maximum absolute atomic E-state index is 12.8. The molecule has 0 saturated heterocycles. The van der Waals surface area contributed by atoms with Crippen LogP contribution in [0.3, 0.4) is 0 Å². The van der Waals surface area contributed by atoms with E-state index in [0.717, 1.165) is 25.7 Å². The lowest BCUT2D eigenvalue weighted by Gasteiger charge is -2.23. The molecule has 25 heavy (non-hydrogen) atoms. The van der Waals surface area contributed by atoms with Crippen molar-refractivity contribution >= 4 is 11.9 Å². The van der Waals surface area contributed by atoms with Gasteiger partial charge in [0.1, 0.15) is 6.10 Å². The van der Waals surface area contributed by atoms with Crippen LogP contribution in [0.2, 0.25) is 0 Å². The molecule has 2 aromatic rings. The van der Waals surface area contributed by atoms with E-state index in [1.807, 2.05) is 24.3 Å². The predicted octanol–water partition coefficient (Wildman–Crippen LogP) is 5.10. The van der Waals surface area contributed by atoms with Crippen LogP contribution in [0.5, 0.6) is 0 Å². The molecule has 0 aromatic heterocycles. The highest BCUT2D eigenvalue weighted by Gasteiger charge is 2.28. The first-order valence-electron chi connectivity index (χ1n) is 8.75. The molecule has 1 atom stereocenters. The van der Waals surface area contributed by atoms with Crippen LogP contribution >= 0.6 is 0 Å². The van der Waals surface area contributed by atoms with Gasteiger partial charge in [0, 0.05) is 11.1 Å². The van der Waals surface area contributed by atoms with Crippen LogP contribution in [0, 0.1) is 0 Å². The van der Waals surface area contributed by atoms with Gasteiger partial charge in [-0.05, 0) is 25.7 Å². The Hall–Kier alpha value is -2.62. The zero-order chi connectivity index (χ0) is 17.5. The molecule has 1 aliphatic carbocycles. The summed E-state index contributed by atoms with van der Waals surface area (Å²) >= 11 is 0. The van der Waals surface area contributed by atoms with Gasteiger partial charge in [-0.25, -0.2) is 4.79 Å². The van der Waals surface area contributed by atoms with Gasteiger partial charge in [0.25, 0.3) is 0 Å². The highest BCUT2D eigenvalue weighted by Crippen LogP contribution is 2.25. The predicted molar refractivity (Wildman–Crippen MR) is 94.4 cm³/mol. The molecular weight excluding hydrogens is 316 g/mol. The molecule has 130 valence electrons. The number of ether oxygens (including phenoxy) is 2. The van der Waals surface area contributed by atoms with Gasteiger partial charge in [-0.2, -0.15) is 0 Å². The third kappa shape index (κ3) is 4.69. The topological polar surface area (TPSA) is 52.6 Å². The van der Waals surface area contributed by atoms with Gasteiger partial charge in [-0.1, -0.05) is 67.1 Å². The number of ketones is 1. The van der Waals surface area contributed by atoms with Crippen molar-refractivity contribution in [1.82, 2.24) is 0 Å². The normalized spacial score (nSPS) is 16.0. The summed E-state index contributed by atoms with van der Waals surface area (Å²) in [5.41, 5.74) is 1.14. The van der Waals surface area contributed by atoms with Crippen LogP contribution in [-0.2, 0) is 9.47 Å². The van der Waals surface area contributed by atoms with Gasteiger partial charge in [0.15, 0.2) is 6.10 Å². The van der Waals surface area contributed by atoms with Crippen molar-refractivity contribution < 1.29 is 19.1 Å². The molecule has 0 spiro atoms. The van der Waals surface area contributed by atoms with E-state index in [4.69, 9.17) is 9.47 Å². The number of carbonyl (C=O) groups is 2. The first-order chi connectivity index (χ1) is 12.2. The van der Waals surface area contributed by atoms with Crippen molar-refractivity contribution in [1.29, 1.82) is 0 Å². The fraction of sp³-hybridized carbons (Fsp3) is 0.333. The SMILES string of the molecule is O=C(OC1CCCCC1)OC(C(=O)c1ccccc1)c1ccccc1. The second kappa shape index (κ2) is 8.47. The molecule has 0 bridgehead atoms. The first-order valence-corrected chi connectivity index (χ1v) is 8.75. The van der Waals surface area contributed by atoms with Gasteiger partial charge >= 0.3 is 6.16 Å². The highest BCUT2D eigenvalue weighted by molar-refractivity contribution is 6.00. The summed E-state index contributed by atoms with van der Waals surface area (Å²) in [6.45, 7) is 0. The van der Waals surface area contributed by atoms with Gasteiger partial charge < -0.3 is 9.47 Å². The molecule has 4 heteroatoms. The summed E-state index contributed by atoms with van der Waals surface area (Å²) in [5, 5.41) is 0. The monoisotopic (exact) mass is 338 g/mol. The van der Waals surface area contributed by atoms with Gasteiger partial charge in [0.05, 0.1) is 0 Å². The molecule has 1 saturated carbocycles. The molecule has 0 amide bonds. The van der Waals surface area contributed by atoms with Crippen LogP contribution in [-0.4, -0.2) is 18.0 Å². The zero-order valence-electron chi connectivity index (χ0n) is 14.1. The number of rotatable bonds is 5. The molecule has 0 radical (unpaired) electrons. The van der Waals surface area contributed by atoms with Crippen molar-refractivity contribution in [2.75, 3.05) is 0 Å². The fourth-order valence-corrected chi connectivity index (χ4v) is 3.10. The van der Waals surface area contributed by atoms with Crippen molar-refractivity contribution in [2.24, 2.45) is 0 Å². The van der Waals surface area contributed by atoms with E-state index in [0.29, 0.717) is 11.1 Å². The molecule has 1 aliphatic rings. The van der Waals surface area contributed by atoms with Crippen LogP contribution in [0.4, 0.5) is 4.79 Å². The quantitative estimate of drug-likeness (QED) is 0.562. The number of benzene rings is 2. The Morgan fingerprint density at radius 1 is 0.840 bits per heavy atom. The summed E-state index contributed by atoms with van der Waals surface area (Å²) in [7, 11) is 0. The summed E-state index contributed by atoms with van der Waals surface area (Å²) in [4.78, 5) is 25.1. The average molecular weight is 338 g/mol. The molecule has 1 fully saturated rings. The number of hydrogen-bond acceptors (Lipinski definition) is 4. The summed E-state index contributed by atoms with van der Waals surface area (Å²) < 4.78 is 10.9. The maximum Gasteiger partial charge on any atom is 0.509 e. The molecule has 0 N–H and O–H groups in total. The van der Waals surface area contributed by atoms with E-state index in [2.05, 4.69) is 0 Å². The Morgan fingerprint density at radius 3 is 2.08 bits per heavy atom. The second-order valence-electron chi connectivity index (χ2n) is 6.27. The van der Waals surface area contributed by atoms with Crippen molar-refractivity contribution in [2.45, 2.75) is 44.3 Å². The molecule has 0 aliphatic heterocycles. The Kier molecular flexibility index (Phi) is 5.83. The molecule has 1 unspecified atom stereocenters. The lowest BCUT2D eigenvalue weighted by Crippen LogP contribution is -2.25. The smallest absolute Gasteiger partial charge is 0.431 e. The van der Waals surface area contributed by atoms with E-state index in [9.17, 15) is 9.59 Å². The Morgan fingerprint density at radius 2 is 1.44 bits per heavy atom. The fourth-order valence-electron chi connectivity index (χ4n) is 3.10. The van der Waals surface area contributed by atoms with Gasteiger partial charge in [-0.15, -0.1) is 0 Å². The van der Waals surface area contributed by atoms with Crippen LogP contribution in [0.1, 0.15) is 54.1 Å². The van der Waals surface area contributed by atoms with Crippen molar-refractivity contribution in [3.63, 3.8) is 0 Å². The number of carbonyl (C=O) groups excluding carboxylic acids is 2. The summed E-state index contributed by atoms with van der Waals surface area (Å²) in [6, 6.07) is 17.9. The van der Waals surface area contributed by atoms with E-state index >= 15 is 0 Å². The highest BCUT2D eigenvalue weighted by atomic mass is 16.7. The first kappa shape index (κ1) is 17.2. The second-order valence-corrected chi connectivity index (χ2v) is 6.27. The largest absolute Gasteiger partial charge is 0.509 e. The minimum Gasteiger partial charge on any atom is -0.431 e. The minimum atomic E-state index is -1.00. The van der Waals surface area contributed by atoms with Crippen molar-refractivity contribution in [3.05, 3.63) is 71.8 Å². The van der Waals surface area contributed by atoms with Crippen LogP contribution in [0.25, 0.3) is 0 Å². The number of Topliss-reactive ketones (excluding diaryl/α,β-unsaturated/α-hetero) is 1. The third-order valence-electron chi connectivity index (χ3n) is 4.43. The van der Waals surface area contributed by atoms with Gasteiger partial charge in [-0.3, -0.25) is 4.79 Å².